The van der Waals surface area contributed by atoms with Gasteiger partial charge >= 0.3 is 0 Å². The van der Waals surface area contributed by atoms with Crippen molar-refractivity contribution < 1.29 is 13.2 Å². The zero-order valence-electron chi connectivity index (χ0n) is 11.8. The van der Waals surface area contributed by atoms with Gasteiger partial charge in [0, 0.05) is 27.3 Å². The van der Waals surface area contributed by atoms with Crippen LogP contribution in [0.5, 0.6) is 0 Å². The van der Waals surface area contributed by atoms with E-state index in [1.807, 2.05) is 4.72 Å². The van der Waals surface area contributed by atoms with E-state index in [4.69, 9.17) is 0 Å². The van der Waals surface area contributed by atoms with Crippen molar-refractivity contribution in [3.05, 3.63) is 36.2 Å². The first-order chi connectivity index (χ1) is 9.81. The van der Waals surface area contributed by atoms with E-state index in [1.165, 1.54) is 16.7 Å². The van der Waals surface area contributed by atoms with Gasteiger partial charge in [-0.2, -0.15) is 8.42 Å². The van der Waals surface area contributed by atoms with Crippen LogP contribution < -0.4 is 9.62 Å². The summed E-state index contributed by atoms with van der Waals surface area (Å²) in [5, 5.41) is 7.53. The topological polar surface area (TPSA) is 97.2 Å². The first-order valence-corrected chi connectivity index (χ1v) is 7.49. The van der Waals surface area contributed by atoms with Crippen LogP contribution in [0.1, 0.15) is 10.5 Å². The molecule has 2 heterocycles. The monoisotopic (exact) mass is 309 g/mol. The Labute approximate surface area is 122 Å². The molecular formula is C12H15N5O3S. The zero-order valence-corrected chi connectivity index (χ0v) is 12.6. The fraction of sp³-hybridized carbons (Fsp3) is 0.250. The predicted molar refractivity (Wildman–Crippen MR) is 76.4 cm³/mol. The van der Waals surface area contributed by atoms with E-state index in [0.29, 0.717) is 5.82 Å². The van der Waals surface area contributed by atoms with Crippen LogP contribution in [0.2, 0.25) is 0 Å². The number of aryl methyl sites for hydroxylation is 1. The molecule has 2 aromatic heterocycles. The van der Waals surface area contributed by atoms with Crippen molar-refractivity contribution in [2.24, 2.45) is 7.05 Å². The third-order valence-corrected chi connectivity index (χ3v) is 4.17. The lowest BCUT2D eigenvalue weighted by Crippen LogP contribution is -2.32. The fourth-order valence-corrected chi connectivity index (χ4v) is 2.79. The van der Waals surface area contributed by atoms with Crippen molar-refractivity contribution in [1.82, 2.24) is 19.5 Å². The summed E-state index contributed by atoms with van der Waals surface area (Å²) in [7, 11) is 1.20. The van der Waals surface area contributed by atoms with Gasteiger partial charge in [-0.1, -0.05) is 0 Å². The van der Waals surface area contributed by atoms with Gasteiger partial charge in [0.25, 0.3) is 15.9 Å². The van der Waals surface area contributed by atoms with Crippen molar-refractivity contribution >= 4 is 21.7 Å². The van der Waals surface area contributed by atoms with E-state index in [2.05, 4.69) is 10.2 Å². The summed E-state index contributed by atoms with van der Waals surface area (Å²) in [6.45, 7) is 0. The summed E-state index contributed by atoms with van der Waals surface area (Å²) in [4.78, 5) is 13.6. The number of aromatic nitrogens is 3. The lowest BCUT2D eigenvalue weighted by Gasteiger charge is -2.10. The highest BCUT2D eigenvalue weighted by atomic mass is 32.2. The number of rotatable bonds is 4. The minimum atomic E-state index is -3.94. The molecule has 21 heavy (non-hydrogen) atoms. The first-order valence-electron chi connectivity index (χ1n) is 6.01. The lowest BCUT2D eigenvalue weighted by atomic mass is 10.3. The van der Waals surface area contributed by atoms with Crippen LogP contribution in [0.25, 0.3) is 0 Å². The Morgan fingerprint density at radius 2 is 1.95 bits per heavy atom. The third-order valence-electron chi connectivity index (χ3n) is 2.74. The summed E-state index contributed by atoms with van der Waals surface area (Å²) in [6.07, 6.45) is 1.57. The van der Waals surface area contributed by atoms with Crippen LogP contribution in [-0.2, 0) is 17.1 Å². The second kappa shape index (κ2) is 5.52. The molecule has 0 spiro atoms. The molecule has 8 nitrogen and oxygen atoms in total. The molecule has 0 fully saturated rings. The average molecular weight is 309 g/mol. The molecule has 1 N–H and O–H groups in total. The highest BCUT2D eigenvalue weighted by Gasteiger charge is 2.22. The van der Waals surface area contributed by atoms with Gasteiger partial charge in [-0.05, 0) is 24.3 Å². The molecular weight excluding hydrogens is 294 g/mol. The van der Waals surface area contributed by atoms with Gasteiger partial charge in [-0.25, -0.2) is 4.72 Å². The number of amides is 1. The molecule has 0 radical (unpaired) electrons. The summed E-state index contributed by atoms with van der Waals surface area (Å²) >= 11 is 0. The SMILES string of the molecule is CN(C)c1ccc(C(=O)NS(=O)(=O)c2cccn2C)nn1. The van der Waals surface area contributed by atoms with Crippen molar-refractivity contribution in [2.45, 2.75) is 5.03 Å². The van der Waals surface area contributed by atoms with Crippen molar-refractivity contribution in [3.63, 3.8) is 0 Å². The van der Waals surface area contributed by atoms with Crippen LogP contribution in [0.4, 0.5) is 5.82 Å². The molecule has 0 unspecified atom stereocenters. The molecule has 0 aliphatic rings. The summed E-state index contributed by atoms with van der Waals surface area (Å²) in [5.74, 6) is -0.258. The summed E-state index contributed by atoms with van der Waals surface area (Å²) in [6, 6.07) is 5.97. The quantitative estimate of drug-likeness (QED) is 0.854. The van der Waals surface area contributed by atoms with Gasteiger partial charge in [0.05, 0.1) is 0 Å². The molecule has 0 aliphatic heterocycles. The predicted octanol–water partition coefficient (Wildman–Crippen LogP) is -0.000200. The van der Waals surface area contributed by atoms with E-state index < -0.39 is 15.9 Å². The maximum Gasteiger partial charge on any atom is 0.285 e. The molecule has 2 aromatic rings. The summed E-state index contributed by atoms with van der Waals surface area (Å²) < 4.78 is 27.5. The molecule has 2 rings (SSSR count). The van der Waals surface area contributed by atoms with Gasteiger partial charge in [-0.15, -0.1) is 10.2 Å². The highest BCUT2D eigenvalue weighted by molar-refractivity contribution is 7.90. The van der Waals surface area contributed by atoms with Crippen LogP contribution in [0.3, 0.4) is 0 Å². The fourth-order valence-electron chi connectivity index (χ4n) is 1.64. The maximum atomic E-state index is 12.1. The van der Waals surface area contributed by atoms with Gasteiger partial charge in [0.15, 0.2) is 16.5 Å². The van der Waals surface area contributed by atoms with Crippen LogP contribution in [0, 0.1) is 0 Å². The maximum absolute atomic E-state index is 12.1. The summed E-state index contributed by atoms with van der Waals surface area (Å²) in [5.41, 5.74) is -0.0709. The van der Waals surface area contributed by atoms with Crippen molar-refractivity contribution in [1.29, 1.82) is 0 Å². The van der Waals surface area contributed by atoms with E-state index in [1.54, 1.807) is 44.4 Å². The van der Waals surface area contributed by atoms with E-state index in [-0.39, 0.29) is 10.7 Å². The molecule has 0 aromatic carbocycles. The second-order valence-electron chi connectivity index (χ2n) is 4.56. The Hall–Kier alpha value is -2.42. The van der Waals surface area contributed by atoms with E-state index in [0.717, 1.165) is 0 Å². The van der Waals surface area contributed by atoms with Crippen molar-refractivity contribution in [3.8, 4) is 0 Å². The van der Waals surface area contributed by atoms with Crippen LogP contribution in [-0.4, -0.2) is 43.2 Å². The number of nitrogens with zero attached hydrogens (tertiary/aromatic N) is 4. The Bertz CT molecular complexity index is 749. The average Bonchev–Trinajstić information content (AvgIpc) is 2.85. The highest BCUT2D eigenvalue weighted by Crippen LogP contribution is 2.10. The minimum Gasteiger partial charge on any atom is -0.361 e. The third kappa shape index (κ3) is 3.19. The molecule has 0 saturated heterocycles. The normalized spacial score (nSPS) is 11.2. The largest absolute Gasteiger partial charge is 0.361 e. The molecule has 112 valence electrons. The number of sulfonamides is 1. The Morgan fingerprint density at radius 1 is 1.24 bits per heavy atom. The number of hydrogen-bond acceptors (Lipinski definition) is 6. The molecule has 0 saturated carbocycles. The molecule has 9 heteroatoms. The first kappa shape index (κ1) is 15.0. The molecule has 0 bridgehead atoms. The van der Waals surface area contributed by atoms with Gasteiger partial charge in [0.2, 0.25) is 0 Å². The number of nitrogens with one attached hydrogen (secondary N) is 1. The van der Waals surface area contributed by atoms with Crippen LogP contribution >= 0.6 is 0 Å². The van der Waals surface area contributed by atoms with E-state index >= 15 is 0 Å². The molecule has 1 amide bonds. The second-order valence-corrected chi connectivity index (χ2v) is 6.19. The Kier molecular flexibility index (Phi) is 3.94. The number of carbonyl (C=O) groups is 1. The van der Waals surface area contributed by atoms with Crippen molar-refractivity contribution in [2.75, 3.05) is 19.0 Å². The molecule has 0 atom stereocenters. The lowest BCUT2D eigenvalue weighted by molar-refractivity contribution is 0.0975. The smallest absolute Gasteiger partial charge is 0.285 e. The van der Waals surface area contributed by atoms with Crippen LogP contribution in [0.15, 0.2) is 35.5 Å². The standard InChI is InChI=1S/C12H15N5O3S/c1-16(2)10-7-6-9(13-14-10)12(18)15-21(19,20)11-5-4-8-17(11)3/h4-8H,1-3H3,(H,15,18). The van der Waals surface area contributed by atoms with Gasteiger partial charge in [0.1, 0.15) is 0 Å². The van der Waals surface area contributed by atoms with Gasteiger partial charge < -0.3 is 9.47 Å². The van der Waals surface area contributed by atoms with E-state index in [9.17, 15) is 13.2 Å². The molecule has 0 aliphatic carbocycles. The zero-order chi connectivity index (χ0) is 15.6. The number of hydrogen-bond donors (Lipinski definition) is 1. The Balaban J connectivity index is 2.20. The minimum absolute atomic E-state index is 0.00581. The van der Waals surface area contributed by atoms with Gasteiger partial charge in [-0.3, -0.25) is 4.79 Å². The number of carbonyl (C=O) groups excluding carboxylic acids is 1. The number of anilines is 1. The Morgan fingerprint density at radius 3 is 2.43 bits per heavy atom.